The van der Waals surface area contributed by atoms with Crippen LogP contribution in [-0.2, 0) is 11.3 Å². The van der Waals surface area contributed by atoms with Crippen LogP contribution in [0.15, 0.2) is 29.3 Å². The van der Waals surface area contributed by atoms with Gasteiger partial charge in [0.25, 0.3) is 0 Å². The predicted molar refractivity (Wildman–Crippen MR) is 104 cm³/mol. The molecule has 0 aliphatic heterocycles. The highest BCUT2D eigenvalue weighted by Crippen LogP contribution is 2.11. The summed E-state index contributed by atoms with van der Waals surface area (Å²) in [5.41, 5.74) is 1.77. The molecule has 0 spiro atoms. The molecule has 1 amide bonds. The number of ether oxygens (including phenoxy) is 1. The maximum Gasteiger partial charge on any atom is 0.411 e. The highest BCUT2D eigenvalue weighted by atomic mass is 16.5. The number of aliphatic imine (C=N–C) groups is 1. The third-order valence-electron chi connectivity index (χ3n) is 3.71. The second-order valence-electron chi connectivity index (χ2n) is 6.53. The number of carbonyl (C=O) groups excluding carboxylic acids is 1. The third-order valence-corrected chi connectivity index (χ3v) is 3.71. The van der Waals surface area contributed by atoms with Crippen LogP contribution in [0.5, 0.6) is 0 Å². The Labute approximate surface area is 151 Å². The van der Waals surface area contributed by atoms with Gasteiger partial charge in [-0.25, -0.2) is 9.79 Å². The molecule has 25 heavy (non-hydrogen) atoms. The van der Waals surface area contributed by atoms with E-state index in [1.165, 1.54) is 13.5 Å². The summed E-state index contributed by atoms with van der Waals surface area (Å²) in [5.74, 6) is 1.54. The minimum atomic E-state index is -0.472. The van der Waals surface area contributed by atoms with Gasteiger partial charge in [0, 0.05) is 18.3 Å². The first kappa shape index (κ1) is 20.8. The van der Waals surface area contributed by atoms with E-state index in [-0.39, 0.29) is 0 Å². The minimum absolute atomic E-state index is 0.381. The molecule has 0 fully saturated rings. The zero-order valence-electron chi connectivity index (χ0n) is 16.1. The minimum Gasteiger partial charge on any atom is -0.453 e. The Morgan fingerprint density at radius 2 is 1.84 bits per heavy atom. The SMILES string of the molecule is CCNC(=NCc1ccc(NC(=O)OC)cc1)NC(C)CCC(C)C. The van der Waals surface area contributed by atoms with Crippen molar-refractivity contribution in [2.75, 3.05) is 19.0 Å². The summed E-state index contributed by atoms with van der Waals surface area (Å²) in [5, 5.41) is 9.37. The summed E-state index contributed by atoms with van der Waals surface area (Å²) in [4.78, 5) is 15.8. The lowest BCUT2D eigenvalue weighted by Crippen LogP contribution is -2.42. The van der Waals surface area contributed by atoms with Crippen molar-refractivity contribution in [1.29, 1.82) is 0 Å². The molecule has 1 aromatic carbocycles. The summed E-state index contributed by atoms with van der Waals surface area (Å²) in [6.45, 7) is 10.1. The molecule has 0 saturated heterocycles. The molecule has 0 radical (unpaired) electrons. The molecule has 0 bridgehead atoms. The number of nitrogens with one attached hydrogen (secondary N) is 3. The average Bonchev–Trinajstić information content (AvgIpc) is 2.59. The molecule has 1 unspecified atom stereocenters. The van der Waals surface area contributed by atoms with Crippen molar-refractivity contribution in [2.24, 2.45) is 10.9 Å². The lowest BCUT2D eigenvalue weighted by Gasteiger charge is -2.18. The number of hydrogen-bond donors (Lipinski definition) is 3. The Morgan fingerprint density at radius 1 is 1.16 bits per heavy atom. The van der Waals surface area contributed by atoms with Gasteiger partial charge in [0.2, 0.25) is 0 Å². The number of rotatable bonds is 8. The van der Waals surface area contributed by atoms with E-state index in [4.69, 9.17) is 0 Å². The van der Waals surface area contributed by atoms with E-state index in [0.717, 1.165) is 24.5 Å². The van der Waals surface area contributed by atoms with E-state index in [1.54, 1.807) is 0 Å². The van der Waals surface area contributed by atoms with Crippen LogP contribution in [0.4, 0.5) is 10.5 Å². The number of amides is 1. The first-order valence-corrected chi connectivity index (χ1v) is 8.93. The molecule has 3 N–H and O–H groups in total. The Bertz CT molecular complexity index is 541. The van der Waals surface area contributed by atoms with Gasteiger partial charge in [0.05, 0.1) is 13.7 Å². The van der Waals surface area contributed by atoms with Crippen LogP contribution in [0.3, 0.4) is 0 Å². The average molecular weight is 348 g/mol. The summed E-state index contributed by atoms with van der Waals surface area (Å²) in [6.07, 6.45) is 1.85. The second-order valence-corrected chi connectivity index (χ2v) is 6.53. The van der Waals surface area contributed by atoms with Crippen molar-refractivity contribution < 1.29 is 9.53 Å². The van der Waals surface area contributed by atoms with Crippen LogP contribution in [0.1, 0.15) is 46.1 Å². The first-order chi connectivity index (χ1) is 11.9. The number of hydrogen-bond acceptors (Lipinski definition) is 3. The molecular formula is C19H32N4O2. The highest BCUT2D eigenvalue weighted by molar-refractivity contribution is 5.84. The van der Waals surface area contributed by atoms with E-state index in [2.05, 4.69) is 53.4 Å². The third kappa shape index (κ3) is 8.98. The molecule has 0 aromatic heterocycles. The van der Waals surface area contributed by atoms with Gasteiger partial charge in [-0.05, 0) is 50.3 Å². The summed E-state index contributed by atoms with van der Waals surface area (Å²) in [6, 6.07) is 7.95. The van der Waals surface area contributed by atoms with Crippen LogP contribution >= 0.6 is 0 Å². The van der Waals surface area contributed by atoms with Crippen molar-refractivity contribution in [2.45, 2.75) is 53.1 Å². The van der Waals surface area contributed by atoms with E-state index in [1.807, 2.05) is 24.3 Å². The lowest BCUT2D eigenvalue weighted by atomic mass is 10.0. The van der Waals surface area contributed by atoms with Crippen molar-refractivity contribution in [3.8, 4) is 0 Å². The summed E-state index contributed by atoms with van der Waals surface area (Å²) < 4.78 is 4.57. The summed E-state index contributed by atoms with van der Waals surface area (Å²) in [7, 11) is 1.34. The molecule has 0 aliphatic rings. The fraction of sp³-hybridized carbons (Fsp3) is 0.579. The molecule has 0 saturated carbocycles. The highest BCUT2D eigenvalue weighted by Gasteiger charge is 2.06. The van der Waals surface area contributed by atoms with Gasteiger partial charge in [0.1, 0.15) is 0 Å². The summed E-state index contributed by atoms with van der Waals surface area (Å²) >= 11 is 0. The number of guanidine groups is 1. The molecule has 6 heteroatoms. The van der Waals surface area contributed by atoms with Crippen LogP contribution in [0, 0.1) is 5.92 Å². The molecule has 1 rings (SSSR count). The Morgan fingerprint density at radius 3 is 2.40 bits per heavy atom. The Kier molecular flexibility index (Phi) is 9.43. The van der Waals surface area contributed by atoms with Gasteiger partial charge in [-0.1, -0.05) is 26.0 Å². The molecule has 6 nitrogen and oxygen atoms in total. The first-order valence-electron chi connectivity index (χ1n) is 8.93. The Balaban J connectivity index is 2.59. The molecule has 0 aliphatic carbocycles. The van der Waals surface area contributed by atoms with E-state index >= 15 is 0 Å². The molecule has 0 heterocycles. The normalized spacial score (nSPS) is 12.6. The molecule has 1 aromatic rings. The van der Waals surface area contributed by atoms with Crippen LogP contribution in [0.2, 0.25) is 0 Å². The fourth-order valence-electron chi connectivity index (χ4n) is 2.24. The van der Waals surface area contributed by atoms with E-state index < -0.39 is 6.09 Å². The van der Waals surface area contributed by atoms with Crippen LogP contribution in [0.25, 0.3) is 0 Å². The maximum atomic E-state index is 11.2. The molecule has 140 valence electrons. The van der Waals surface area contributed by atoms with Gasteiger partial charge >= 0.3 is 6.09 Å². The number of nitrogens with zero attached hydrogens (tertiary/aromatic N) is 1. The number of carbonyl (C=O) groups is 1. The smallest absolute Gasteiger partial charge is 0.411 e. The lowest BCUT2D eigenvalue weighted by molar-refractivity contribution is 0.187. The van der Waals surface area contributed by atoms with Crippen LogP contribution < -0.4 is 16.0 Å². The van der Waals surface area contributed by atoms with E-state index in [0.29, 0.717) is 24.2 Å². The largest absolute Gasteiger partial charge is 0.453 e. The Hall–Kier alpha value is -2.24. The van der Waals surface area contributed by atoms with Crippen LogP contribution in [-0.4, -0.2) is 31.7 Å². The number of benzene rings is 1. The molecule has 1 atom stereocenters. The van der Waals surface area contributed by atoms with E-state index in [9.17, 15) is 4.79 Å². The van der Waals surface area contributed by atoms with Gasteiger partial charge in [-0.15, -0.1) is 0 Å². The van der Waals surface area contributed by atoms with Gasteiger partial charge < -0.3 is 15.4 Å². The van der Waals surface area contributed by atoms with Crippen molar-refractivity contribution in [3.05, 3.63) is 29.8 Å². The van der Waals surface area contributed by atoms with Crippen molar-refractivity contribution >= 4 is 17.7 Å². The number of anilines is 1. The van der Waals surface area contributed by atoms with Crippen molar-refractivity contribution in [3.63, 3.8) is 0 Å². The van der Waals surface area contributed by atoms with Gasteiger partial charge in [-0.2, -0.15) is 0 Å². The maximum absolute atomic E-state index is 11.2. The standard InChI is InChI=1S/C19H32N4O2/c1-6-20-18(22-15(4)8-7-14(2)3)21-13-16-9-11-17(12-10-16)23-19(24)25-5/h9-12,14-15H,6-8,13H2,1-5H3,(H,23,24)(H2,20,21,22). The zero-order valence-corrected chi connectivity index (χ0v) is 16.1. The fourth-order valence-corrected chi connectivity index (χ4v) is 2.24. The van der Waals surface area contributed by atoms with Crippen molar-refractivity contribution in [1.82, 2.24) is 10.6 Å². The topological polar surface area (TPSA) is 74.8 Å². The predicted octanol–water partition coefficient (Wildman–Crippen LogP) is 3.74. The van der Waals surface area contributed by atoms with Gasteiger partial charge in [0.15, 0.2) is 5.96 Å². The van der Waals surface area contributed by atoms with Gasteiger partial charge in [-0.3, -0.25) is 5.32 Å². The number of methoxy groups -OCH3 is 1. The zero-order chi connectivity index (χ0) is 18.7. The molecular weight excluding hydrogens is 316 g/mol. The quantitative estimate of drug-likeness (QED) is 0.494. The monoisotopic (exact) mass is 348 g/mol. The second kappa shape index (κ2) is 11.3.